The second-order valence-corrected chi connectivity index (χ2v) is 8.62. The van der Waals surface area contributed by atoms with Crippen molar-refractivity contribution in [3.8, 4) is 11.5 Å². The number of fused-ring (bicyclic) bond motifs is 1. The van der Waals surface area contributed by atoms with Crippen LogP contribution < -0.4 is 14.8 Å². The van der Waals surface area contributed by atoms with Crippen LogP contribution in [0.15, 0.2) is 30.3 Å². The van der Waals surface area contributed by atoms with E-state index in [1.165, 1.54) is 12.1 Å². The quantitative estimate of drug-likeness (QED) is 0.447. The van der Waals surface area contributed by atoms with Gasteiger partial charge in [0.2, 0.25) is 0 Å². The molecule has 1 saturated heterocycles. The van der Waals surface area contributed by atoms with Gasteiger partial charge in [0, 0.05) is 29.5 Å². The van der Waals surface area contributed by atoms with Gasteiger partial charge in [0.1, 0.15) is 24.1 Å². The molecule has 2 N–H and O–H groups in total. The first-order valence-corrected chi connectivity index (χ1v) is 11.3. The average Bonchev–Trinajstić information content (AvgIpc) is 3.36. The number of hydrogen-bond donors (Lipinski definition) is 2. The lowest BCUT2D eigenvalue weighted by Crippen LogP contribution is -2.22. The molecule has 0 aliphatic carbocycles. The Morgan fingerprint density at radius 2 is 2.06 bits per heavy atom. The molecule has 3 aromatic rings. The molecule has 0 unspecified atom stereocenters. The van der Waals surface area contributed by atoms with Gasteiger partial charge in [-0.2, -0.15) is 8.78 Å². The van der Waals surface area contributed by atoms with Gasteiger partial charge in [0.25, 0.3) is 5.92 Å². The number of aryl methyl sites for hydroxylation is 1. The van der Waals surface area contributed by atoms with Crippen LogP contribution in [0.2, 0.25) is 0 Å². The van der Waals surface area contributed by atoms with Crippen LogP contribution in [-0.4, -0.2) is 48.6 Å². The summed E-state index contributed by atoms with van der Waals surface area (Å²) in [6.07, 6.45) is 0.919. The molecule has 2 aromatic carbocycles. The summed E-state index contributed by atoms with van der Waals surface area (Å²) in [7, 11) is 1.54. The number of ether oxygens (including phenoxy) is 3. The Hall–Kier alpha value is -3.11. The molecular weight excluding hydrogens is 463 g/mol. The van der Waals surface area contributed by atoms with E-state index in [4.69, 9.17) is 19.3 Å². The average molecular weight is 492 g/mol. The number of rotatable bonds is 9. The van der Waals surface area contributed by atoms with Crippen LogP contribution in [0.3, 0.4) is 0 Å². The van der Waals surface area contributed by atoms with Gasteiger partial charge < -0.3 is 24.6 Å². The molecule has 0 radical (unpaired) electrons. The van der Waals surface area contributed by atoms with Crippen LogP contribution in [0.25, 0.3) is 10.9 Å². The van der Waals surface area contributed by atoms with Crippen molar-refractivity contribution in [2.45, 2.75) is 32.2 Å². The maximum atomic E-state index is 15.0. The Bertz CT molecular complexity index is 1200. The third-order valence-electron chi connectivity index (χ3n) is 6.03. The first-order valence-electron chi connectivity index (χ1n) is 11.3. The van der Waals surface area contributed by atoms with Crippen LogP contribution in [0, 0.1) is 18.7 Å². The number of alkyl halides is 2. The maximum absolute atomic E-state index is 15.0. The van der Waals surface area contributed by atoms with E-state index in [9.17, 15) is 8.78 Å². The Balaban J connectivity index is 1.68. The van der Waals surface area contributed by atoms with Crippen molar-refractivity contribution < 1.29 is 32.5 Å². The van der Waals surface area contributed by atoms with Crippen molar-refractivity contribution in [2.75, 3.05) is 38.9 Å². The fraction of sp³-hybridized carbons (Fsp3) is 0.440. The van der Waals surface area contributed by atoms with E-state index >= 15 is 4.39 Å². The molecule has 7 nitrogen and oxygen atoms in total. The molecule has 1 fully saturated rings. The minimum absolute atomic E-state index is 0.0197. The first-order chi connectivity index (χ1) is 16.7. The lowest BCUT2D eigenvalue weighted by atomic mass is 10.00. The highest BCUT2D eigenvalue weighted by Gasteiger charge is 2.35. The van der Waals surface area contributed by atoms with Crippen molar-refractivity contribution in [1.82, 2.24) is 9.97 Å². The minimum Gasteiger partial charge on any atom is -0.493 e. The van der Waals surface area contributed by atoms with Gasteiger partial charge >= 0.3 is 0 Å². The Labute approximate surface area is 201 Å². The van der Waals surface area contributed by atoms with Crippen molar-refractivity contribution >= 4 is 16.7 Å². The fourth-order valence-corrected chi connectivity index (χ4v) is 4.09. The number of aliphatic hydroxyl groups excluding tert-OH is 1. The van der Waals surface area contributed by atoms with Gasteiger partial charge in [0.15, 0.2) is 11.5 Å². The van der Waals surface area contributed by atoms with Crippen LogP contribution in [0.1, 0.15) is 36.3 Å². The van der Waals surface area contributed by atoms with Crippen LogP contribution in [-0.2, 0) is 10.7 Å². The SMILES string of the molecule is COc1cc2nc(C)nc(N[C@H](C)c3cccc(C(F)(F)CO)c3F)c2cc1OC[C@@H]1CCOC1. The number of aliphatic hydroxyl groups is 1. The van der Waals surface area contributed by atoms with Crippen LogP contribution in [0.4, 0.5) is 19.0 Å². The molecule has 35 heavy (non-hydrogen) atoms. The zero-order valence-corrected chi connectivity index (χ0v) is 19.8. The summed E-state index contributed by atoms with van der Waals surface area (Å²) < 4.78 is 59.9. The van der Waals surface area contributed by atoms with Gasteiger partial charge in [-0.15, -0.1) is 0 Å². The van der Waals surface area contributed by atoms with E-state index in [-0.39, 0.29) is 11.5 Å². The predicted molar refractivity (Wildman–Crippen MR) is 125 cm³/mol. The second-order valence-electron chi connectivity index (χ2n) is 8.62. The minimum atomic E-state index is -3.69. The number of halogens is 3. The lowest BCUT2D eigenvalue weighted by molar-refractivity contribution is -0.0583. The molecule has 0 bridgehead atoms. The molecule has 188 valence electrons. The Morgan fingerprint density at radius 1 is 1.26 bits per heavy atom. The number of nitrogens with zero attached hydrogens (tertiary/aromatic N) is 2. The van der Waals surface area contributed by atoms with Crippen molar-refractivity contribution in [1.29, 1.82) is 0 Å². The third-order valence-corrected chi connectivity index (χ3v) is 6.03. The summed E-state index contributed by atoms with van der Waals surface area (Å²) in [5.74, 6) is -2.60. The maximum Gasteiger partial charge on any atom is 0.298 e. The molecule has 4 rings (SSSR count). The number of anilines is 1. The zero-order valence-electron chi connectivity index (χ0n) is 19.8. The van der Waals surface area contributed by atoms with Crippen LogP contribution >= 0.6 is 0 Å². The number of hydrogen-bond acceptors (Lipinski definition) is 7. The highest BCUT2D eigenvalue weighted by Crippen LogP contribution is 2.37. The molecule has 0 saturated carbocycles. The number of benzene rings is 2. The number of nitrogens with one attached hydrogen (secondary N) is 1. The molecule has 0 spiro atoms. The third kappa shape index (κ3) is 5.28. The molecule has 1 aromatic heterocycles. The van der Waals surface area contributed by atoms with Crippen LogP contribution in [0.5, 0.6) is 11.5 Å². The number of methoxy groups -OCH3 is 1. The van der Waals surface area contributed by atoms with E-state index in [1.54, 1.807) is 33.1 Å². The molecule has 2 atom stereocenters. The van der Waals surface area contributed by atoms with Gasteiger partial charge in [-0.1, -0.05) is 12.1 Å². The summed E-state index contributed by atoms with van der Waals surface area (Å²) in [5, 5.41) is 12.7. The summed E-state index contributed by atoms with van der Waals surface area (Å²) in [6.45, 7) is 3.69. The summed E-state index contributed by atoms with van der Waals surface area (Å²) in [5.41, 5.74) is -0.251. The smallest absolute Gasteiger partial charge is 0.298 e. The molecule has 1 aliphatic rings. The predicted octanol–water partition coefficient (Wildman–Crippen LogP) is 4.76. The summed E-state index contributed by atoms with van der Waals surface area (Å²) in [4.78, 5) is 8.94. The van der Waals surface area contributed by atoms with Crippen molar-refractivity contribution in [2.24, 2.45) is 5.92 Å². The van der Waals surface area contributed by atoms with Gasteiger partial charge in [-0.3, -0.25) is 0 Å². The highest BCUT2D eigenvalue weighted by molar-refractivity contribution is 5.92. The topological polar surface area (TPSA) is 85.7 Å². The molecule has 1 aliphatic heterocycles. The first kappa shape index (κ1) is 25.0. The Morgan fingerprint density at radius 3 is 2.74 bits per heavy atom. The monoisotopic (exact) mass is 491 g/mol. The summed E-state index contributed by atoms with van der Waals surface area (Å²) >= 11 is 0. The van der Waals surface area contributed by atoms with Gasteiger partial charge in [0.05, 0.1) is 37.4 Å². The number of aromatic nitrogens is 2. The fourth-order valence-electron chi connectivity index (χ4n) is 4.09. The molecular formula is C25H28F3N3O4. The molecule has 10 heteroatoms. The largest absolute Gasteiger partial charge is 0.493 e. The molecule has 0 amide bonds. The van der Waals surface area contributed by atoms with E-state index < -0.39 is 30.0 Å². The van der Waals surface area contributed by atoms with E-state index in [2.05, 4.69) is 15.3 Å². The summed E-state index contributed by atoms with van der Waals surface area (Å²) in [6, 6.07) is 6.50. The van der Waals surface area contributed by atoms with E-state index in [1.807, 2.05) is 0 Å². The van der Waals surface area contributed by atoms with Gasteiger partial charge in [-0.25, -0.2) is 14.4 Å². The zero-order chi connectivity index (χ0) is 25.2. The highest BCUT2D eigenvalue weighted by atomic mass is 19.3. The lowest BCUT2D eigenvalue weighted by Gasteiger charge is -2.21. The second kappa shape index (κ2) is 10.2. The van der Waals surface area contributed by atoms with Crippen molar-refractivity contribution in [3.05, 3.63) is 53.1 Å². The molecule has 2 heterocycles. The van der Waals surface area contributed by atoms with Gasteiger partial charge in [-0.05, 0) is 32.4 Å². The van der Waals surface area contributed by atoms with E-state index in [0.717, 1.165) is 12.5 Å². The standard InChI is InChI=1S/C25H28F3N3O4/c1-14(17-5-4-6-19(23(17)26)25(27,28)13-32)29-24-18-9-22(35-12-16-7-8-34-11-16)21(33-3)10-20(18)30-15(2)31-24/h4-6,9-10,14,16,32H,7-8,11-13H2,1-3H3,(H,29,30,31)/t14-,16-/m1/s1. The normalized spacial score (nSPS) is 16.9. The Kier molecular flexibility index (Phi) is 7.32. The van der Waals surface area contributed by atoms with Crippen molar-refractivity contribution in [3.63, 3.8) is 0 Å². The van der Waals surface area contributed by atoms with E-state index in [0.29, 0.717) is 53.9 Å².